The molecule has 0 spiro atoms. The molecule has 0 radical (unpaired) electrons. The van der Waals surface area contributed by atoms with Crippen molar-refractivity contribution in [3.05, 3.63) is 58.1 Å². The second kappa shape index (κ2) is 6.11. The summed E-state index contributed by atoms with van der Waals surface area (Å²) in [5.74, 6) is -0.298. The minimum Gasteiger partial charge on any atom is -0.508 e. The predicted molar refractivity (Wildman–Crippen MR) is 88.1 cm³/mol. The summed E-state index contributed by atoms with van der Waals surface area (Å²) in [7, 11) is 0. The number of thiocarbonyl (C=S) groups is 1. The highest BCUT2D eigenvalue weighted by molar-refractivity contribution is 7.80. The van der Waals surface area contributed by atoms with E-state index in [0.29, 0.717) is 27.4 Å². The van der Waals surface area contributed by atoms with Gasteiger partial charge in [0.1, 0.15) is 10.7 Å². The zero-order chi connectivity index (χ0) is 15.6. The average Bonchev–Trinajstić information content (AvgIpc) is 2.43. The van der Waals surface area contributed by atoms with Crippen LogP contribution < -0.4 is 11.1 Å². The number of nitrogens with one attached hydrogen (secondary N) is 1. The van der Waals surface area contributed by atoms with Gasteiger partial charge in [-0.2, -0.15) is 0 Å². The SMILES string of the molecule is Cc1ccc(C(=O)Nc2ccc(C(N)=S)cc2Cl)cc1O. The van der Waals surface area contributed by atoms with Crippen LogP contribution in [0.2, 0.25) is 5.02 Å². The maximum atomic E-state index is 12.1. The zero-order valence-corrected chi connectivity index (χ0v) is 12.8. The molecule has 2 aromatic rings. The Bertz CT molecular complexity index is 732. The van der Waals surface area contributed by atoms with Crippen molar-refractivity contribution in [1.82, 2.24) is 0 Å². The Morgan fingerprint density at radius 3 is 2.48 bits per heavy atom. The van der Waals surface area contributed by atoms with E-state index in [1.165, 1.54) is 6.07 Å². The summed E-state index contributed by atoms with van der Waals surface area (Å²) in [6, 6.07) is 9.59. The third kappa shape index (κ3) is 3.51. The monoisotopic (exact) mass is 320 g/mol. The van der Waals surface area contributed by atoms with Gasteiger partial charge in [-0.15, -0.1) is 0 Å². The molecular formula is C15H13ClN2O2S. The van der Waals surface area contributed by atoms with E-state index < -0.39 is 0 Å². The summed E-state index contributed by atoms with van der Waals surface area (Å²) in [4.78, 5) is 12.4. The van der Waals surface area contributed by atoms with Crippen LogP contribution in [-0.4, -0.2) is 16.0 Å². The molecule has 0 bridgehead atoms. The number of aryl methyl sites for hydroxylation is 1. The van der Waals surface area contributed by atoms with Crippen LogP contribution in [-0.2, 0) is 0 Å². The molecule has 0 aliphatic rings. The number of phenols is 1. The lowest BCUT2D eigenvalue weighted by molar-refractivity contribution is 0.102. The van der Waals surface area contributed by atoms with Crippen LogP contribution in [0.4, 0.5) is 5.69 Å². The number of hydrogen-bond donors (Lipinski definition) is 3. The van der Waals surface area contributed by atoms with E-state index in [1.807, 2.05) is 0 Å². The Balaban J connectivity index is 2.23. The molecule has 6 heteroatoms. The fraction of sp³-hybridized carbons (Fsp3) is 0.0667. The molecule has 2 aromatic carbocycles. The molecule has 0 saturated heterocycles. The van der Waals surface area contributed by atoms with Crippen molar-refractivity contribution in [2.24, 2.45) is 5.73 Å². The summed E-state index contributed by atoms with van der Waals surface area (Å²) in [6.45, 7) is 1.75. The first-order valence-electron chi connectivity index (χ1n) is 6.09. The Labute approximate surface area is 132 Å². The number of carbonyl (C=O) groups is 1. The molecule has 0 atom stereocenters. The molecule has 0 saturated carbocycles. The Morgan fingerprint density at radius 2 is 1.90 bits per heavy atom. The lowest BCUT2D eigenvalue weighted by Crippen LogP contribution is -2.13. The summed E-state index contributed by atoms with van der Waals surface area (Å²) < 4.78 is 0. The van der Waals surface area contributed by atoms with E-state index in [0.717, 1.165) is 0 Å². The summed E-state index contributed by atoms with van der Waals surface area (Å²) in [5.41, 5.74) is 7.63. The molecule has 2 rings (SSSR count). The molecule has 0 aromatic heterocycles. The van der Waals surface area contributed by atoms with Gasteiger partial charge in [0.15, 0.2) is 0 Å². The zero-order valence-electron chi connectivity index (χ0n) is 11.2. The first kappa shape index (κ1) is 15.3. The number of halogens is 1. The number of anilines is 1. The lowest BCUT2D eigenvalue weighted by atomic mass is 10.1. The van der Waals surface area contributed by atoms with Crippen LogP contribution >= 0.6 is 23.8 Å². The van der Waals surface area contributed by atoms with Gasteiger partial charge < -0.3 is 16.2 Å². The maximum absolute atomic E-state index is 12.1. The molecule has 108 valence electrons. The minimum absolute atomic E-state index is 0.0672. The van der Waals surface area contributed by atoms with E-state index in [1.54, 1.807) is 37.3 Å². The Hall–Kier alpha value is -2.11. The predicted octanol–water partition coefficient (Wildman–Crippen LogP) is 3.24. The van der Waals surface area contributed by atoms with Crippen molar-refractivity contribution in [3.8, 4) is 5.75 Å². The van der Waals surface area contributed by atoms with E-state index in [4.69, 9.17) is 29.6 Å². The van der Waals surface area contributed by atoms with Gasteiger partial charge >= 0.3 is 0 Å². The first-order valence-corrected chi connectivity index (χ1v) is 6.87. The third-order valence-corrected chi connectivity index (χ3v) is 3.52. The van der Waals surface area contributed by atoms with Crippen LogP contribution in [0.15, 0.2) is 36.4 Å². The molecule has 21 heavy (non-hydrogen) atoms. The van der Waals surface area contributed by atoms with Crippen LogP contribution in [0.25, 0.3) is 0 Å². The van der Waals surface area contributed by atoms with Gasteiger partial charge in [-0.05, 0) is 42.8 Å². The number of hydrogen-bond acceptors (Lipinski definition) is 3. The van der Waals surface area contributed by atoms with Gasteiger partial charge in [-0.1, -0.05) is 29.9 Å². The van der Waals surface area contributed by atoms with E-state index in [-0.39, 0.29) is 16.6 Å². The fourth-order valence-electron chi connectivity index (χ4n) is 1.71. The second-order valence-corrected chi connectivity index (χ2v) is 5.36. The van der Waals surface area contributed by atoms with E-state index in [2.05, 4.69) is 5.32 Å². The number of rotatable bonds is 3. The molecule has 0 fully saturated rings. The number of carbonyl (C=O) groups excluding carboxylic acids is 1. The topological polar surface area (TPSA) is 75.4 Å². The largest absolute Gasteiger partial charge is 0.508 e. The molecule has 1 amide bonds. The van der Waals surface area contributed by atoms with Gasteiger partial charge in [0.2, 0.25) is 0 Å². The molecule has 0 aliphatic carbocycles. The van der Waals surface area contributed by atoms with Crippen molar-refractivity contribution in [1.29, 1.82) is 0 Å². The maximum Gasteiger partial charge on any atom is 0.255 e. The van der Waals surface area contributed by atoms with Crippen molar-refractivity contribution < 1.29 is 9.90 Å². The highest BCUT2D eigenvalue weighted by atomic mass is 35.5. The van der Waals surface area contributed by atoms with Gasteiger partial charge in [0, 0.05) is 11.1 Å². The van der Waals surface area contributed by atoms with Crippen LogP contribution in [0.3, 0.4) is 0 Å². The molecular weight excluding hydrogens is 308 g/mol. The number of nitrogens with two attached hydrogens (primary N) is 1. The quantitative estimate of drug-likeness (QED) is 0.759. The van der Waals surface area contributed by atoms with Crippen LogP contribution in [0, 0.1) is 6.92 Å². The summed E-state index contributed by atoms with van der Waals surface area (Å²) in [6.07, 6.45) is 0. The molecule has 4 nitrogen and oxygen atoms in total. The normalized spacial score (nSPS) is 10.2. The Morgan fingerprint density at radius 1 is 1.24 bits per heavy atom. The molecule has 0 heterocycles. The summed E-state index contributed by atoms with van der Waals surface area (Å²) >= 11 is 10.9. The van der Waals surface area contributed by atoms with Crippen molar-refractivity contribution in [2.45, 2.75) is 6.92 Å². The number of aromatic hydroxyl groups is 1. The van der Waals surface area contributed by atoms with Gasteiger partial charge in [0.25, 0.3) is 5.91 Å². The summed E-state index contributed by atoms with van der Waals surface area (Å²) in [5, 5.41) is 12.6. The third-order valence-electron chi connectivity index (χ3n) is 2.97. The lowest BCUT2D eigenvalue weighted by Gasteiger charge is -2.09. The molecule has 0 aliphatic heterocycles. The minimum atomic E-state index is -0.365. The van der Waals surface area contributed by atoms with Crippen molar-refractivity contribution in [3.63, 3.8) is 0 Å². The van der Waals surface area contributed by atoms with Crippen LogP contribution in [0.1, 0.15) is 21.5 Å². The molecule has 4 N–H and O–H groups in total. The number of benzene rings is 2. The Kier molecular flexibility index (Phi) is 4.45. The van der Waals surface area contributed by atoms with Gasteiger partial charge in [-0.25, -0.2) is 0 Å². The fourth-order valence-corrected chi connectivity index (χ4v) is 2.07. The highest BCUT2D eigenvalue weighted by Gasteiger charge is 2.11. The van der Waals surface area contributed by atoms with Crippen molar-refractivity contribution >= 4 is 40.4 Å². The van der Waals surface area contributed by atoms with Gasteiger partial charge in [0.05, 0.1) is 10.7 Å². The first-order chi connectivity index (χ1) is 9.88. The standard InChI is InChI=1S/C15H13ClN2O2S/c1-8-2-3-10(7-13(8)19)15(20)18-12-5-4-9(14(17)21)6-11(12)16/h2-7,19H,1H3,(H2,17,21)(H,18,20). The van der Waals surface area contributed by atoms with Gasteiger partial charge in [-0.3, -0.25) is 4.79 Å². The smallest absolute Gasteiger partial charge is 0.255 e. The number of phenolic OH excluding ortho intramolecular Hbond substituents is 1. The highest BCUT2D eigenvalue weighted by Crippen LogP contribution is 2.24. The van der Waals surface area contributed by atoms with Crippen molar-refractivity contribution in [2.75, 3.05) is 5.32 Å². The second-order valence-electron chi connectivity index (χ2n) is 4.51. The van der Waals surface area contributed by atoms with E-state index in [9.17, 15) is 9.90 Å². The molecule has 0 unspecified atom stereocenters. The van der Waals surface area contributed by atoms with E-state index >= 15 is 0 Å². The van der Waals surface area contributed by atoms with Crippen LogP contribution in [0.5, 0.6) is 5.75 Å². The number of amides is 1. The average molecular weight is 321 g/mol.